The fourth-order valence-electron chi connectivity index (χ4n) is 2.54. The van der Waals surface area contributed by atoms with Crippen molar-refractivity contribution in [2.24, 2.45) is 0 Å². The fraction of sp³-hybridized carbons (Fsp3) is 0.727. The zero-order valence-corrected chi connectivity index (χ0v) is 11.1. The minimum Gasteiger partial charge on any atom is -0.255 e. The standard InChI is InChI=1S/C11H15BrN2S/c12-11-9-2-1-3-10(9)13-14(11)8-4-6-15-7-5-8/h8H,1-7H2. The first kappa shape index (κ1) is 10.2. The molecule has 2 aliphatic rings. The smallest absolute Gasteiger partial charge is 0.107 e. The number of aromatic nitrogens is 2. The van der Waals surface area contributed by atoms with Crippen LogP contribution >= 0.6 is 27.7 Å². The van der Waals surface area contributed by atoms with Crippen LogP contribution < -0.4 is 0 Å². The van der Waals surface area contributed by atoms with E-state index >= 15 is 0 Å². The first-order chi connectivity index (χ1) is 7.36. The van der Waals surface area contributed by atoms with Crippen molar-refractivity contribution in [1.29, 1.82) is 0 Å². The molecular formula is C11H15BrN2S. The average molecular weight is 287 g/mol. The molecule has 0 saturated carbocycles. The van der Waals surface area contributed by atoms with Crippen molar-refractivity contribution in [2.45, 2.75) is 38.1 Å². The van der Waals surface area contributed by atoms with Crippen molar-refractivity contribution in [3.63, 3.8) is 0 Å². The van der Waals surface area contributed by atoms with Crippen molar-refractivity contribution >= 4 is 27.7 Å². The molecule has 0 bridgehead atoms. The Bertz CT molecular complexity index is 369. The highest BCUT2D eigenvalue weighted by Crippen LogP contribution is 2.34. The van der Waals surface area contributed by atoms with Gasteiger partial charge in [-0.25, -0.2) is 0 Å². The molecule has 0 atom stereocenters. The number of aryl methyl sites for hydroxylation is 1. The highest BCUT2D eigenvalue weighted by molar-refractivity contribution is 9.10. The molecule has 1 aliphatic heterocycles. The van der Waals surface area contributed by atoms with Crippen LogP contribution in [0, 0.1) is 0 Å². The molecule has 4 heteroatoms. The van der Waals surface area contributed by atoms with Crippen molar-refractivity contribution in [3.05, 3.63) is 15.9 Å². The van der Waals surface area contributed by atoms with Gasteiger partial charge in [-0.05, 0) is 59.5 Å². The van der Waals surface area contributed by atoms with Gasteiger partial charge in [-0.15, -0.1) is 0 Å². The van der Waals surface area contributed by atoms with Crippen LogP contribution in [0.3, 0.4) is 0 Å². The third kappa shape index (κ3) is 1.76. The van der Waals surface area contributed by atoms with Gasteiger partial charge in [0.2, 0.25) is 0 Å². The number of hydrogen-bond acceptors (Lipinski definition) is 2. The van der Waals surface area contributed by atoms with Gasteiger partial charge in [-0.3, -0.25) is 4.68 Å². The summed E-state index contributed by atoms with van der Waals surface area (Å²) in [4.78, 5) is 0. The molecule has 0 amide bonds. The molecule has 1 aliphatic carbocycles. The van der Waals surface area contributed by atoms with E-state index < -0.39 is 0 Å². The fourth-order valence-corrected chi connectivity index (χ4v) is 4.42. The molecule has 1 aromatic rings. The van der Waals surface area contributed by atoms with E-state index in [1.807, 2.05) is 0 Å². The van der Waals surface area contributed by atoms with Crippen LogP contribution in [0.2, 0.25) is 0 Å². The van der Waals surface area contributed by atoms with Gasteiger partial charge in [0.1, 0.15) is 4.60 Å². The van der Waals surface area contributed by atoms with Crippen molar-refractivity contribution in [2.75, 3.05) is 11.5 Å². The molecule has 2 heterocycles. The van der Waals surface area contributed by atoms with Gasteiger partial charge in [-0.2, -0.15) is 16.9 Å². The monoisotopic (exact) mass is 286 g/mol. The van der Waals surface area contributed by atoms with E-state index in [0.717, 1.165) is 0 Å². The van der Waals surface area contributed by atoms with E-state index in [1.54, 1.807) is 0 Å². The Morgan fingerprint density at radius 1 is 1.27 bits per heavy atom. The lowest BCUT2D eigenvalue weighted by Gasteiger charge is -2.22. The van der Waals surface area contributed by atoms with Gasteiger partial charge in [0.15, 0.2) is 0 Å². The Balaban J connectivity index is 1.91. The second kappa shape index (κ2) is 4.13. The van der Waals surface area contributed by atoms with E-state index in [2.05, 4.69) is 32.4 Å². The number of fused-ring (bicyclic) bond motifs is 1. The van der Waals surface area contributed by atoms with Crippen molar-refractivity contribution in [3.8, 4) is 0 Å². The lowest BCUT2D eigenvalue weighted by Crippen LogP contribution is -2.17. The van der Waals surface area contributed by atoms with Crippen LogP contribution in [0.15, 0.2) is 4.60 Å². The number of hydrogen-bond donors (Lipinski definition) is 0. The second-order valence-corrected chi connectivity index (χ2v) is 6.33. The molecule has 2 nitrogen and oxygen atoms in total. The summed E-state index contributed by atoms with van der Waals surface area (Å²) in [6.45, 7) is 0. The largest absolute Gasteiger partial charge is 0.255 e. The number of thioether (sulfide) groups is 1. The van der Waals surface area contributed by atoms with Crippen LogP contribution in [-0.2, 0) is 12.8 Å². The lowest BCUT2D eigenvalue weighted by atomic mass is 10.1. The molecule has 0 spiro atoms. The summed E-state index contributed by atoms with van der Waals surface area (Å²) >= 11 is 5.80. The Kier molecular flexibility index (Phi) is 2.81. The topological polar surface area (TPSA) is 17.8 Å². The highest BCUT2D eigenvalue weighted by Gasteiger charge is 2.25. The molecule has 0 N–H and O–H groups in total. The third-order valence-electron chi connectivity index (χ3n) is 3.40. The van der Waals surface area contributed by atoms with Gasteiger partial charge >= 0.3 is 0 Å². The van der Waals surface area contributed by atoms with Crippen LogP contribution in [0.4, 0.5) is 0 Å². The van der Waals surface area contributed by atoms with Crippen LogP contribution in [-0.4, -0.2) is 21.3 Å². The summed E-state index contributed by atoms with van der Waals surface area (Å²) in [5, 5.41) is 4.77. The maximum absolute atomic E-state index is 4.77. The first-order valence-electron chi connectivity index (χ1n) is 5.70. The zero-order chi connectivity index (χ0) is 10.3. The first-order valence-corrected chi connectivity index (χ1v) is 7.64. The van der Waals surface area contributed by atoms with Crippen LogP contribution in [0.5, 0.6) is 0 Å². The summed E-state index contributed by atoms with van der Waals surface area (Å²) < 4.78 is 3.52. The summed E-state index contributed by atoms with van der Waals surface area (Å²) in [5.41, 5.74) is 2.83. The molecule has 0 unspecified atom stereocenters. The van der Waals surface area contributed by atoms with Crippen LogP contribution in [0.1, 0.15) is 36.6 Å². The predicted molar refractivity (Wildman–Crippen MR) is 67.5 cm³/mol. The summed E-state index contributed by atoms with van der Waals surface area (Å²) in [5.74, 6) is 2.59. The Hall–Kier alpha value is 0.0400. The Morgan fingerprint density at radius 3 is 2.80 bits per heavy atom. The quantitative estimate of drug-likeness (QED) is 0.789. The maximum Gasteiger partial charge on any atom is 0.107 e. The molecular weight excluding hydrogens is 272 g/mol. The van der Waals surface area contributed by atoms with Crippen molar-refractivity contribution < 1.29 is 0 Å². The molecule has 1 aromatic heterocycles. The van der Waals surface area contributed by atoms with Crippen LogP contribution in [0.25, 0.3) is 0 Å². The Labute approximate surface area is 103 Å². The third-order valence-corrected chi connectivity index (χ3v) is 5.29. The molecule has 3 rings (SSSR count). The van der Waals surface area contributed by atoms with Gasteiger partial charge in [0, 0.05) is 5.56 Å². The predicted octanol–water partition coefficient (Wildman–Crippen LogP) is 3.20. The van der Waals surface area contributed by atoms with Gasteiger partial charge in [0.25, 0.3) is 0 Å². The highest BCUT2D eigenvalue weighted by atomic mass is 79.9. The minimum absolute atomic E-state index is 0.645. The summed E-state index contributed by atoms with van der Waals surface area (Å²) in [6, 6.07) is 0.645. The van der Waals surface area contributed by atoms with Crippen molar-refractivity contribution in [1.82, 2.24) is 9.78 Å². The molecule has 0 aromatic carbocycles. The van der Waals surface area contributed by atoms with Gasteiger partial charge < -0.3 is 0 Å². The molecule has 82 valence electrons. The Morgan fingerprint density at radius 2 is 2.07 bits per heavy atom. The minimum atomic E-state index is 0.645. The van der Waals surface area contributed by atoms with Gasteiger partial charge in [0.05, 0.1) is 11.7 Å². The average Bonchev–Trinajstić information content (AvgIpc) is 2.83. The number of halogens is 1. The molecule has 0 radical (unpaired) electrons. The van der Waals surface area contributed by atoms with E-state index in [9.17, 15) is 0 Å². The maximum atomic E-state index is 4.77. The van der Waals surface area contributed by atoms with E-state index in [4.69, 9.17) is 5.10 Å². The van der Waals surface area contributed by atoms with E-state index in [1.165, 1.54) is 59.5 Å². The number of rotatable bonds is 1. The van der Waals surface area contributed by atoms with E-state index in [0.29, 0.717) is 6.04 Å². The van der Waals surface area contributed by atoms with Gasteiger partial charge in [-0.1, -0.05) is 0 Å². The molecule has 1 fully saturated rings. The summed E-state index contributed by atoms with van der Waals surface area (Å²) in [6.07, 6.45) is 6.26. The molecule has 1 saturated heterocycles. The number of nitrogens with zero attached hydrogens (tertiary/aromatic N) is 2. The zero-order valence-electron chi connectivity index (χ0n) is 8.71. The summed E-state index contributed by atoms with van der Waals surface area (Å²) in [7, 11) is 0. The normalized spacial score (nSPS) is 21.9. The molecule has 15 heavy (non-hydrogen) atoms. The second-order valence-electron chi connectivity index (χ2n) is 4.36. The SMILES string of the molecule is Brc1c2c(nn1C1CCSCC1)CCC2. The van der Waals surface area contributed by atoms with E-state index in [-0.39, 0.29) is 0 Å². The lowest BCUT2D eigenvalue weighted by molar-refractivity contribution is 0.415.